The first-order valence-corrected chi connectivity index (χ1v) is 6.68. The number of hydrogen-bond acceptors (Lipinski definition) is 3. The Labute approximate surface area is 104 Å². The third-order valence-electron chi connectivity index (χ3n) is 3.39. The summed E-state index contributed by atoms with van der Waals surface area (Å²) in [5.41, 5.74) is 0. The van der Waals surface area contributed by atoms with Crippen molar-refractivity contribution in [2.75, 3.05) is 19.6 Å². The fourth-order valence-electron chi connectivity index (χ4n) is 1.99. The van der Waals surface area contributed by atoms with Crippen LogP contribution in [0.5, 0.6) is 0 Å². The van der Waals surface area contributed by atoms with Crippen molar-refractivity contribution in [1.29, 1.82) is 0 Å². The number of aliphatic hydroxyl groups is 1. The molecular formula is C13H26N2O2. The second kappa shape index (κ2) is 6.97. The molecule has 1 amide bonds. The molecule has 1 unspecified atom stereocenters. The molecule has 1 rings (SSSR count). The molecule has 0 aromatic carbocycles. The van der Waals surface area contributed by atoms with Crippen molar-refractivity contribution in [3.8, 4) is 0 Å². The van der Waals surface area contributed by atoms with E-state index < -0.39 is 6.10 Å². The van der Waals surface area contributed by atoms with Crippen LogP contribution in [0.4, 0.5) is 0 Å². The minimum Gasteiger partial charge on any atom is -0.392 e. The maximum absolute atomic E-state index is 11.7. The standard InChI is InChI=1S/C13H26N2O2/c1-10(2)15(8-11(3)16)9-13(17)14-7-12-5-4-6-12/h10-12,16H,4-9H2,1-3H3,(H,14,17). The van der Waals surface area contributed by atoms with Gasteiger partial charge in [-0.1, -0.05) is 6.42 Å². The van der Waals surface area contributed by atoms with E-state index in [2.05, 4.69) is 5.32 Å². The number of carbonyl (C=O) groups is 1. The lowest BCUT2D eigenvalue weighted by molar-refractivity contribution is -0.123. The van der Waals surface area contributed by atoms with Gasteiger partial charge in [-0.15, -0.1) is 0 Å². The number of aliphatic hydroxyl groups excluding tert-OH is 1. The maximum Gasteiger partial charge on any atom is 0.234 e. The number of nitrogens with one attached hydrogen (secondary N) is 1. The summed E-state index contributed by atoms with van der Waals surface area (Å²) in [7, 11) is 0. The smallest absolute Gasteiger partial charge is 0.234 e. The molecule has 1 atom stereocenters. The molecule has 4 nitrogen and oxygen atoms in total. The molecule has 0 aromatic rings. The van der Waals surface area contributed by atoms with Crippen molar-refractivity contribution >= 4 is 5.91 Å². The summed E-state index contributed by atoms with van der Waals surface area (Å²) in [5.74, 6) is 0.773. The highest BCUT2D eigenvalue weighted by molar-refractivity contribution is 5.78. The van der Waals surface area contributed by atoms with Gasteiger partial charge in [-0.3, -0.25) is 9.69 Å². The number of rotatable bonds is 7. The molecule has 4 heteroatoms. The average Bonchev–Trinajstić information content (AvgIpc) is 2.13. The van der Waals surface area contributed by atoms with Gasteiger partial charge in [-0.25, -0.2) is 0 Å². The molecule has 100 valence electrons. The van der Waals surface area contributed by atoms with E-state index in [4.69, 9.17) is 0 Å². The summed E-state index contributed by atoms with van der Waals surface area (Å²) in [4.78, 5) is 13.8. The van der Waals surface area contributed by atoms with Gasteiger partial charge in [0, 0.05) is 19.1 Å². The van der Waals surface area contributed by atoms with E-state index in [1.807, 2.05) is 18.7 Å². The lowest BCUT2D eigenvalue weighted by atomic mass is 9.85. The molecule has 0 heterocycles. The van der Waals surface area contributed by atoms with Crippen LogP contribution in [0.1, 0.15) is 40.0 Å². The van der Waals surface area contributed by atoms with E-state index in [0.29, 0.717) is 19.0 Å². The fraction of sp³-hybridized carbons (Fsp3) is 0.923. The molecule has 17 heavy (non-hydrogen) atoms. The third kappa shape index (κ3) is 5.50. The Hall–Kier alpha value is -0.610. The minimum atomic E-state index is -0.392. The Kier molecular flexibility index (Phi) is 5.92. The van der Waals surface area contributed by atoms with Crippen LogP contribution in [-0.4, -0.2) is 47.7 Å². The Morgan fingerprint density at radius 3 is 2.47 bits per heavy atom. The molecule has 1 saturated carbocycles. The highest BCUT2D eigenvalue weighted by Gasteiger charge is 2.19. The number of hydrogen-bond donors (Lipinski definition) is 2. The zero-order chi connectivity index (χ0) is 12.8. The summed E-state index contributed by atoms with van der Waals surface area (Å²) in [6.07, 6.45) is 3.42. The normalized spacial score (nSPS) is 18.2. The average molecular weight is 242 g/mol. The van der Waals surface area contributed by atoms with Crippen molar-refractivity contribution in [1.82, 2.24) is 10.2 Å². The summed E-state index contributed by atoms with van der Waals surface area (Å²) in [5, 5.41) is 12.4. The van der Waals surface area contributed by atoms with Crippen molar-refractivity contribution in [2.45, 2.75) is 52.2 Å². The van der Waals surface area contributed by atoms with Crippen LogP contribution >= 0.6 is 0 Å². The predicted molar refractivity (Wildman–Crippen MR) is 68.7 cm³/mol. The largest absolute Gasteiger partial charge is 0.392 e. The van der Waals surface area contributed by atoms with Crippen molar-refractivity contribution < 1.29 is 9.90 Å². The Balaban J connectivity index is 2.24. The maximum atomic E-state index is 11.7. The summed E-state index contributed by atoms with van der Waals surface area (Å²) < 4.78 is 0. The van der Waals surface area contributed by atoms with Gasteiger partial charge in [0.15, 0.2) is 0 Å². The van der Waals surface area contributed by atoms with Crippen molar-refractivity contribution in [3.05, 3.63) is 0 Å². The van der Waals surface area contributed by atoms with Gasteiger partial charge < -0.3 is 10.4 Å². The van der Waals surface area contributed by atoms with Gasteiger partial charge in [-0.2, -0.15) is 0 Å². The van der Waals surface area contributed by atoms with E-state index >= 15 is 0 Å². The van der Waals surface area contributed by atoms with Crippen LogP contribution in [0.25, 0.3) is 0 Å². The van der Waals surface area contributed by atoms with Gasteiger partial charge in [0.1, 0.15) is 0 Å². The first-order chi connectivity index (χ1) is 7.99. The van der Waals surface area contributed by atoms with Gasteiger partial charge in [0.2, 0.25) is 5.91 Å². The summed E-state index contributed by atoms with van der Waals surface area (Å²) in [6.45, 7) is 7.59. The zero-order valence-electron chi connectivity index (χ0n) is 11.3. The summed E-state index contributed by atoms with van der Waals surface area (Å²) >= 11 is 0. The van der Waals surface area contributed by atoms with Gasteiger partial charge in [-0.05, 0) is 39.5 Å². The molecule has 1 aliphatic carbocycles. The predicted octanol–water partition coefficient (Wildman–Crippen LogP) is 0.994. The summed E-state index contributed by atoms with van der Waals surface area (Å²) in [6, 6.07) is 0.277. The topological polar surface area (TPSA) is 52.6 Å². The minimum absolute atomic E-state index is 0.0752. The fourth-order valence-corrected chi connectivity index (χ4v) is 1.99. The van der Waals surface area contributed by atoms with Crippen molar-refractivity contribution in [2.24, 2.45) is 5.92 Å². The molecule has 0 radical (unpaired) electrons. The highest BCUT2D eigenvalue weighted by Crippen LogP contribution is 2.25. The lowest BCUT2D eigenvalue weighted by Gasteiger charge is -2.29. The third-order valence-corrected chi connectivity index (χ3v) is 3.39. The first kappa shape index (κ1) is 14.5. The van der Waals surface area contributed by atoms with E-state index in [-0.39, 0.29) is 11.9 Å². The van der Waals surface area contributed by atoms with Crippen LogP contribution in [-0.2, 0) is 4.79 Å². The number of nitrogens with zero attached hydrogens (tertiary/aromatic N) is 1. The van der Waals surface area contributed by atoms with Gasteiger partial charge in [0.05, 0.1) is 12.6 Å². The quantitative estimate of drug-likeness (QED) is 0.700. The molecule has 0 aromatic heterocycles. The van der Waals surface area contributed by atoms with Crippen LogP contribution in [0.3, 0.4) is 0 Å². The van der Waals surface area contributed by atoms with E-state index in [1.165, 1.54) is 19.3 Å². The second-order valence-corrected chi connectivity index (χ2v) is 5.47. The molecule has 0 bridgehead atoms. The second-order valence-electron chi connectivity index (χ2n) is 5.47. The zero-order valence-corrected chi connectivity index (χ0v) is 11.3. The van der Waals surface area contributed by atoms with Gasteiger partial charge >= 0.3 is 0 Å². The van der Waals surface area contributed by atoms with Crippen LogP contribution < -0.4 is 5.32 Å². The monoisotopic (exact) mass is 242 g/mol. The molecular weight excluding hydrogens is 216 g/mol. The van der Waals surface area contributed by atoms with E-state index in [0.717, 1.165) is 6.54 Å². The Morgan fingerprint density at radius 1 is 1.41 bits per heavy atom. The molecule has 0 aliphatic heterocycles. The Morgan fingerprint density at radius 2 is 2.06 bits per heavy atom. The first-order valence-electron chi connectivity index (χ1n) is 6.68. The Bertz CT molecular complexity index is 238. The van der Waals surface area contributed by atoms with E-state index in [1.54, 1.807) is 6.92 Å². The molecule has 2 N–H and O–H groups in total. The van der Waals surface area contributed by atoms with E-state index in [9.17, 15) is 9.90 Å². The molecule has 0 saturated heterocycles. The number of amides is 1. The SMILES string of the molecule is CC(O)CN(CC(=O)NCC1CCC1)C(C)C. The van der Waals surface area contributed by atoms with Crippen LogP contribution in [0.15, 0.2) is 0 Å². The van der Waals surface area contributed by atoms with Gasteiger partial charge in [0.25, 0.3) is 0 Å². The molecule has 0 spiro atoms. The lowest BCUT2D eigenvalue weighted by Crippen LogP contribution is -2.45. The van der Waals surface area contributed by atoms with Crippen molar-refractivity contribution in [3.63, 3.8) is 0 Å². The molecule has 1 fully saturated rings. The highest BCUT2D eigenvalue weighted by atomic mass is 16.3. The van der Waals surface area contributed by atoms with Crippen LogP contribution in [0.2, 0.25) is 0 Å². The van der Waals surface area contributed by atoms with Crippen LogP contribution in [0, 0.1) is 5.92 Å². The molecule has 1 aliphatic rings. The number of carbonyl (C=O) groups excluding carboxylic acids is 1.